The van der Waals surface area contributed by atoms with Crippen LogP contribution in [0.1, 0.15) is 0 Å². The predicted molar refractivity (Wildman–Crippen MR) is 28.2 cm³/mol. The largest absolute Gasteiger partial charge is 0.506 e. The van der Waals surface area contributed by atoms with E-state index >= 15 is 0 Å². The summed E-state index contributed by atoms with van der Waals surface area (Å²) in [4.78, 5) is 0. The Morgan fingerprint density at radius 1 is 1.86 bits per heavy atom. The molecule has 0 atom stereocenters. The second-order valence-electron chi connectivity index (χ2n) is 0.940. The first kappa shape index (κ1) is 6.04. The Balaban J connectivity index is 3.49. The van der Waals surface area contributed by atoms with Crippen LogP contribution in [0.4, 0.5) is 0 Å². The molecule has 0 heterocycles. The zero-order valence-electron chi connectivity index (χ0n) is 3.89. The van der Waals surface area contributed by atoms with Crippen molar-refractivity contribution in [2.24, 2.45) is 5.84 Å². The van der Waals surface area contributed by atoms with Gasteiger partial charge < -0.3 is 10.5 Å². The second kappa shape index (κ2) is 3.24. The number of hydrogen-bond acceptors (Lipinski definition) is 3. The highest BCUT2D eigenvalue weighted by molar-refractivity contribution is 5.04. The average molecular weight is 100 g/mol. The average Bonchev–Trinajstić information content (AvgIpc) is 1.68. The van der Waals surface area contributed by atoms with Crippen LogP contribution in [0.5, 0.6) is 0 Å². The van der Waals surface area contributed by atoms with Gasteiger partial charge in [0.2, 0.25) is 0 Å². The third kappa shape index (κ3) is 2.85. The predicted octanol–water partition coefficient (Wildman–Crippen LogP) is 0.0351. The maximum Gasteiger partial charge on any atom is 0.132 e. The van der Waals surface area contributed by atoms with Crippen LogP contribution in [0.2, 0.25) is 0 Å². The highest BCUT2D eigenvalue weighted by Gasteiger charge is 1.74. The minimum atomic E-state index is 0.0301. The molecule has 0 aliphatic carbocycles. The van der Waals surface area contributed by atoms with Gasteiger partial charge in [-0.25, -0.2) is 0 Å². The first-order valence-corrected chi connectivity index (χ1v) is 1.79. The fraction of sp³-hybridized carbons (Fsp3) is 0. The molecule has 0 bridgehead atoms. The maximum absolute atomic E-state index is 8.46. The van der Waals surface area contributed by atoms with E-state index in [-0.39, 0.29) is 5.76 Å². The van der Waals surface area contributed by atoms with E-state index in [1.54, 1.807) is 0 Å². The molecule has 0 saturated carbocycles. The SMILES string of the molecule is C=C/C(O)=C\NN. The minimum absolute atomic E-state index is 0.0301. The molecular formula is C4H8N2O. The van der Waals surface area contributed by atoms with Crippen molar-refractivity contribution in [2.45, 2.75) is 0 Å². The molecule has 0 aliphatic heterocycles. The van der Waals surface area contributed by atoms with Crippen LogP contribution in [0.25, 0.3) is 0 Å². The number of nitrogens with one attached hydrogen (secondary N) is 1. The van der Waals surface area contributed by atoms with Crippen LogP contribution in [-0.2, 0) is 0 Å². The van der Waals surface area contributed by atoms with Gasteiger partial charge in [0.15, 0.2) is 0 Å². The van der Waals surface area contributed by atoms with Crippen LogP contribution >= 0.6 is 0 Å². The molecule has 3 heteroatoms. The van der Waals surface area contributed by atoms with Gasteiger partial charge in [0.1, 0.15) is 5.76 Å². The van der Waals surface area contributed by atoms with Crippen molar-refractivity contribution in [2.75, 3.05) is 0 Å². The molecular weight excluding hydrogens is 92.1 g/mol. The molecule has 0 rings (SSSR count). The Morgan fingerprint density at radius 3 is 2.57 bits per heavy atom. The van der Waals surface area contributed by atoms with Crippen molar-refractivity contribution in [3.63, 3.8) is 0 Å². The van der Waals surface area contributed by atoms with Gasteiger partial charge >= 0.3 is 0 Å². The molecule has 0 aromatic heterocycles. The molecule has 0 aromatic rings. The molecule has 0 aromatic carbocycles. The van der Waals surface area contributed by atoms with Crippen molar-refractivity contribution < 1.29 is 5.11 Å². The van der Waals surface area contributed by atoms with Gasteiger partial charge in [-0.3, -0.25) is 5.84 Å². The fourth-order valence-corrected chi connectivity index (χ4v) is 0.144. The van der Waals surface area contributed by atoms with Crippen molar-refractivity contribution in [3.05, 3.63) is 24.6 Å². The Hall–Kier alpha value is -0.960. The number of nitrogens with two attached hydrogens (primary N) is 1. The third-order valence-corrected chi connectivity index (χ3v) is 0.440. The molecule has 0 amide bonds. The highest BCUT2D eigenvalue weighted by Crippen LogP contribution is 1.80. The fourth-order valence-electron chi connectivity index (χ4n) is 0.144. The topological polar surface area (TPSA) is 58.3 Å². The van der Waals surface area contributed by atoms with Gasteiger partial charge in [-0.05, 0) is 6.08 Å². The van der Waals surface area contributed by atoms with Gasteiger partial charge in [-0.2, -0.15) is 0 Å². The zero-order chi connectivity index (χ0) is 5.70. The molecule has 0 aliphatic rings. The van der Waals surface area contributed by atoms with Crippen molar-refractivity contribution in [3.8, 4) is 0 Å². The molecule has 3 nitrogen and oxygen atoms in total. The van der Waals surface area contributed by atoms with E-state index < -0.39 is 0 Å². The number of aliphatic hydroxyl groups excluding tert-OH is 1. The van der Waals surface area contributed by atoms with E-state index in [1.165, 1.54) is 12.3 Å². The molecule has 0 fully saturated rings. The minimum Gasteiger partial charge on any atom is -0.506 e. The number of hydrogen-bond donors (Lipinski definition) is 3. The molecule has 0 unspecified atom stereocenters. The Kier molecular flexibility index (Phi) is 2.79. The first-order valence-electron chi connectivity index (χ1n) is 1.79. The summed E-state index contributed by atoms with van der Waals surface area (Å²) in [7, 11) is 0. The van der Waals surface area contributed by atoms with E-state index in [1.807, 2.05) is 0 Å². The monoisotopic (exact) mass is 100 g/mol. The highest BCUT2D eigenvalue weighted by atomic mass is 16.3. The smallest absolute Gasteiger partial charge is 0.132 e. The number of hydrazine groups is 1. The van der Waals surface area contributed by atoms with Crippen LogP contribution in [0, 0.1) is 0 Å². The van der Waals surface area contributed by atoms with Crippen LogP contribution < -0.4 is 11.3 Å². The van der Waals surface area contributed by atoms with Gasteiger partial charge in [-0.15, -0.1) is 0 Å². The lowest BCUT2D eigenvalue weighted by Gasteiger charge is -1.86. The lowest BCUT2D eigenvalue weighted by atomic mass is 10.5. The van der Waals surface area contributed by atoms with Crippen molar-refractivity contribution >= 4 is 0 Å². The first-order chi connectivity index (χ1) is 3.31. The standard InChI is InChI=1S/C4H8N2O/c1-2-4(7)3-6-5/h2-3,6-7H,1,5H2/b4-3+. The van der Waals surface area contributed by atoms with Crippen molar-refractivity contribution in [1.29, 1.82) is 0 Å². The zero-order valence-corrected chi connectivity index (χ0v) is 3.89. The van der Waals surface area contributed by atoms with Crippen LogP contribution in [-0.4, -0.2) is 5.11 Å². The van der Waals surface area contributed by atoms with Gasteiger partial charge in [0, 0.05) is 0 Å². The molecule has 7 heavy (non-hydrogen) atoms. The van der Waals surface area contributed by atoms with E-state index in [9.17, 15) is 0 Å². The number of aliphatic hydroxyl groups is 1. The van der Waals surface area contributed by atoms with E-state index in [2.05, 4.69) is 12.0 Å². The Morgan fingerprint density at radius 2 is 2.43 bits per heavy atom. The lowest BCUT2D eigenvalue weighted by molar-refractivity contribution is 0.428. The van der Waals surface area contributed by atoms with Crippen LogP contribution in [0.15, 0.2) is 24.6 Å². The van der Waals surface area contributed by atoms with Gasteiger partial charge in [0.25, 0.3) is 0 Å². The quantitative estimate of drug-likeness (QED) is 0.199. The van der Waals surface area contributed by atoms with E-state index in [0.29, 0.717) is 0 Å². The van der Waals surface area contributed by atoms with E-state index in [0.717, 1.165) is 0 Å². The second-order valence-corrected chi connectivity index (χ2v) is 0.940. The Bertz CT molecular complexity index is 87.7. The summed E-state index contributed by atoms with van der Waals surface area (Å²) in [5.41, 5.74) is 2.14. The Labute approximate surface area is 42.1 Å². The third-order valence-electron chi connectivity index (χ3n) is 0.440. The summed E-state index contributed by atoms with van der Waals surface area (Å²) >= 11 is 0. The number of allylic oxidation sites excluding steroid dienone is 1. The molecule has 40 valence electrons. The molecule has 0 saturated heterocycles. The number of rotatable bonds is 2. The summed E-state index contributed by atoms with van der Waals surface area (Å²) in [6.45, 7) is 3.27. The molecule has 4 N–H and O–H groups in total. The summed E-state index contributed by atoms with van der Waals surface area (Å²) < 4.78 is 0. The van der Waals surface area contributed by atoms with Gasteiger partial charge in [0.05, 0.1) is 6.20 Å². The van der Waals surface area contributed by atoms with Crippen LogP contribution in [0.3, 0.4) is 0 Å². The van der Waals surface area contributed by atoms with Crippen molar-refractivity contribution in [1.82, 2.24) is 5.43 Å². The summed E-state index contributed by atoms with van der Waals surface area (Å²) in [5.74, 6) is 4.80. The molecule has 0 radical (unpaired) electrons. The normalized spacial score (nSPS) is 10.7. The van der Waals surface area contributed by atoms with Gasteiger partial charge in [-0.1, -0.05) is 6.58 Å². The lowest BCUT2D eigenvalue weighted by Crippen LogP contribution is -2.13. The summed E-state index contributed by atoms with van der Waals surface area (Å²) in [6.07, 6.45) is 2.51. The summed E-state index contributed by atoms with van der Waals surface area (Å²) in [5, 5.41) is 8.46. The molecule has 0 spiro atoms. The summed E-state index contributed by atoms with van der Waals surface area (Å²) in [6, 6.07) is 0. The maximum atomic E-state index is 8.46. The van der Waals surface area contributed by atoms with E-state index in [4.69, 9.17) is 10.9 Å².